The number of imide groups is 1. The van der Waals surface area contributed by atoms with Gasteiger partial charge in [0.25, 0.3) is 5.91 Å². The van der Waals surface area contributed by atoms with Gasteiger partial charge in [-0.1, -0.05) is 49.6 Å². The lowest BCUT2D eigenvalue weighted by molar-refractivity contribution is -0.116. The summed E-state index contributed by atoms with van der Waals surface area (Å²) in [6.07, 6.45) is 1.79. The number of nitrogens with zero attached hydrogens (tertiary/aromatic N) is 1. The molecule has 3 heteroatoms. The van der Waals surface area contributed by atoms with Crippen LogP contribution in [0.15, 0.2) is 61.7 Å². The summed E-state index contributed by atoms with van der Waals surface area (Å²) >= 11 is 0. The van der Waals surface area contributed by atoms with Gasteiger partial charge in [0.05, 0.1) is 12.1 Å². The fraction of sp³-hybridized carbons (Fsp3) is 0.0526. The molecule has 0 aliphatic carbocycles. The number of anilines is 1. The van der Waals surface area contributed by atoms with E-state index in [2.05, 4.69) is 13.2 Å². The molecule has 2 aromatic rings. The average Bonchev–Trinajstić information content (AvgIpc) is 2.63. The highest BCUT2D eigenvalue weighted by molar-refractivity contribution is 6.26. The minimum atomic E-state index is -0.325. The summed E-state index contributed by atoms with van der Waals surface area (Å²) in [6.45, 7) is 7.76. The number of rotatable bonds is 2. The number of amides is 2. The van der Waals surface area contributed by atoms with Crippen molar-refractivity contribution in [2.45, 2.75) is 6.42 Å². The molecule has 0 radical (unpaired) electrons. The third kappa shape index (κ3) is 2.17. The van der Waals surface area contributed by atoms with Crippen molar-refractivity contribution in [2.75, 3.05) is 4.90 Å². The highest BCUT2D eigenvalue weighted by atomic mass is 16.2. The van der Waals surface area contributed by atoms with Crippen LogP contribution < -0.4 is 4.90 Å². The molecule has 3 rings (SSSR count). The van der Waals surface area contributed by atoms with Crippen molar-refractivity contribution in [1.82, 2.24) is 0 Å². The Bertz CT molecular complexity index is 790. The molecule has 2 amide bonds. The molecule has 0 unspecified atom stereocenters. The summed E-state index contributed by atoms with van der Waals surface area (Å²) in [5.74, 6) is -0.596. The average molecular weight is 289 g/mol. The third-order valence-corrected chi connectivity index (χ3v) is 3.73. The van der Waals surface area contributed by atoms with Crippen molar-refractivity contribution >= 4 is 29.2 Å². The van der Waals surface area contributed by atoms with Crippen molar-refractivity contribution in [2.24, 2.45) is 0 Å². The van der Waals surface area contributed by atoms with Gasteiger partial charge in [-0.15, -0.1) is 0 Å². The van der Waals surface area contributed by atoms with E-state index in [1.165, 1.54) is 4.90 Å². The van der Waals surface area contributed by atoms with Gasteiger partial charge in [0.2, 0.25) is 5.91 Å². The SMILES string of the molecule is C=Cc1cccc2c1C(=C)CC(=O)N(c1ccccc1)C2=O. The van der Waals surface area contributed by atoms with Crippen LogP contribution in [0.1, 0.15) is 27.9 Å². The largest absolute Gasteiger partial charge is 0.274 e. The molecule has 0 N–H and O–H groups in total. The number of fused-ring (bicyclic) bond motifs is 1. The number of para-hydroxylation sites is 1. The highest BCUT2D eigenvalue weighted by Gasteiger charge is 2.31. The van der Waals surface area contributed by atoms with Crippen LogP contribution in [0.3, 0.4) is 0 Å². The molecule has 0 bridgehead atoms. The first kappa shape index (κ1) is 14.0. The van der Waals surface area contributed by atoms with E-state index in [9.17, 15) is 9.59 Å². The minimum absolute atomic E-state index is 0.110. The molecule has 1 heterocycles. The Balaban J connectivity index is 2.21. The van der Waals surface area contributed by atoms with E-state index in [-0.39, 0.29) is 18.2 Å². The predicted molar refractivity (Wildman–Crippen MR) is 88.4 cm³/mol. The summed E-state index contributed by atoms with van der Waals surface area (Å²) in [7, 11) is 0. The molecular weight excluding hydrogens is 274 g/mol. The van der Waals surface area contributed by atoms with E-state index in [0.29, 0.717) is 22.4 Å². The number of hydrogen-bond donors (Lipinski definition) is 0. The molecule has 0 saturated heterocycles. The first-order valence-corrected chi connectivity index (χ1v) is 6.99. The summed E-state index contributed by atoms with van der Waals surface area (Å²) in [4.78, 5) is 26.6. The Hall–Kier alpha value is -2.94. The molecule has 22 heavy (non-hydrogen) atoms. The molecule has 0 aromatic heterocycles. The molecule has 2 aromatic carbocycles. The van der Waals surface area contributed by atoms with E-state index >= 15 is 0 Å². The van der Waals surface area contributed by atoms with Gasteiger partial charge in [-0.05, 0) is 34.9 Å². The number of benzene rings is 2. The number of carbonyl (C=O) groups is 2. The Morgan fingerprint density at radius 1 is 1.00 bits per heavy atom. The standard InChI is InChI=1S/C19H15NO2/c1-3-14-8-7-11-16-18(14)13(2)12-17(21)20(19(16)22)15-9-5-4-6-10-15/h3-11H,1-2,12H2. The minimum Gasteiger partial charge on any atom is -0.274 e. The second-order valence-corrected chi connectivity index (χ2v) is 5.12. The van der Waals surface area contributed by atoms with Crippen molar-refractivity contribution in [3.8, 4) is 0 Å². The lowest BCUT2D eigenvalue weighted by Gasteiger charge is -2.19. The lowest BCUT2D eigenvalue weighted by atomic mass is 9.94. The van der Waals surface area contributed by atoms with Gasteiger partial charge in [-0.2, -0.15) is 0 Å². The van der Waals surface area contributed by atoms with Crippen LogP contribution in [-0.4, -0.2) is 11.8 Å². The number of carbonyl (C=O) groups excluding carboxylic acids is 2. The van der Waals surface area contributed by atoms with Gasteiger partial charge in [-0.25, -0.2) is 4.90 Å². The van der Waals surface area contributed by atoms with Crippen LogP contribution in [-0.2, 0) is 4.79 Å². The van der Waals surface area contributed by atoms with Gasteiger partial charge in [0, 0.05) is 5.56 Å². The zero-order chi connectivity index (χ0) is 15.7. The van der Waals surface area contributed by atoms with E-state index in [4.69, 9.17) is 0 Å². The summed E-state index contributed by atoms with van der Waals surface area (Å²) in [5, 5.41) is 0. The quantitative estimate of drug-likeness (QED) is 0.786. The fourth-order valence-corrected chi connectivity index (χ4v) is 2.74. The van der Waals surface area contributed by atoms with Gasteiger partial charge in [0.15, 0.2) is 0 Å². The Kier molecular flexibility index (Phi) is 3.47. The van der Waals surface area contributed by atoms with Crippen LogP contribution in [0.2, 0.25) is 0 Å². The molecule has 0 spiro atoms. The smallest absolute Gasteiger partial charge is 0.265 e. The topological polar surface area (TPSA) is 37.4 Å². The van der Waals surface area contributed by atoms with Crippen molar-refractivity contribution in [3.63, 3.8) is 0 Å². The van der Waals surface area contributed by atoms with Gasteiger partial charge < -0.3 is 0 Å². The molecule has 3 nitrogen and oxygen atoms in total. The first-order valence-electron chi connectivity index (χ1n) is 6.99. The van der Waals surface area contributed by atoms with E-state index in [1.807, 2.05) is 12.1 Å². The molecule has 108 valence electrons. The molecule has 0 saturated carbocycles. The van der Waals surface area contributed by atoms with E-state index in [0.717, 1.165) is 5.56 Å². The Morgan fingerprint density at radius 3 is 2.41 bits per heavy atom. The normalized spacial score (nSPS) is 14.5. The van der Waals surface area contributed by atoms with Gasteiger partial charge >= 0.3 is 0 Å². The van der Waals surface area contributed by atoms with Crippen LogP contribution in [0.4, 0.5) is 5.69 Å². The number of hydrogen-bond acceptors (Lipinski definition) is 2. The first-order chi connectivity index (χ1) is 10.6. The second kappa shape index (κ2) is 5.45. The van der Waals surface area contributed by atoms with E-state index in [1.54, 1.807) is 42.5 Å². The summed E-state index contributed by atoms with van der Waals surface area (Å²) < 4.78 is 0. The lowest BCUT2D eigenvalue weighted by Crippen LogP contribution is -2.35. The summed E-state index contributed by atoms with van der Waals surface area (Å²) in [5.41, 5.74) is 3.23. The molecule has 1 aliphatic rings. The Morgan fingerprint density at radius 2 is 1.73 bits per heavy atom. The Labute approximate surface area is 129 Å². The van der Waals surface area contributed by atoms with Crippen molar-refractivity contribution in [3.05, 3.63) is 78.4 Å². The predicted octanol–water partition coefficient (Wildman–Crippen LogP) is 3.92. The van der Waals surface area contributed by atoms with Crippen LogP contribution in [0.5, 0.6) is 0 Å². The van der Waals surface area contributed by atoms with Crippen molar-refractivity contribution in [1.29, 1.82) is 0 Å². The van der Waals surface area contributed by atoms with Crippen LogP contribution in [0, 0.1) is 0 Å². The van der Waals surface area contributed by atoms with Gasteiger partial charge in [0.1, 0.15) is 0 Å². The van der Waals surface area contributed by atoms with E-state index < -0.39 is 0 Å². The van der Waals surface area contributed by atoms with Crippen LogP contribution in [0.25, 0.3) is 11.6 Å². The molecule has 0 fully saturated rings. The van der Waals surface area contributed by atoms with Gasteiger partial charge in [-0.3, -0.25) is 9.59 Å². The zero-order valence-electron chi connectivity index (χ0n) is 12.1. The third-order valence-electron chi connectivity index (χ3n) is 3.73. The zero-order valence-corrected chi connectivity index (χ0v) is 12.1. The highest BCUT2D eigenvalue weighted by Crippen LogP contribution is 2.32. The second-order valence-electron chi connectivity index (χ2n) is 5.12. The maximum absolute atomic E-state index is 12.9. The van der Waals surface area contributed by atoms with Crippen molar-refractivity contribution < 1.29 is 9.59 Å². The molecular formula is C19H15NO2. The fourth-order valence-electron chi connectivity index (χ4n) is 2.74. The summed E-state index contributed by atoms with van der Waals surface area (Å²) in [6, 6.07) is 14.3. The maximum atomic E-state index is 12.9. The molecule has 1 aliphatic heterocycles. The maximum Gasteiger partial charge on any atom is 0.265 e. The monoisotopic (exact) mass is 289 g/mol. The molecule has 0 atom stereocenters. The van der Waals surface area contributed by atoms with Crippen LogP contribution >= 0.6 is 0 Å².